The molecule has 0 bridgehead atoms. The molecule has 112 valence electrons. The van der Waals surface area contributed by atoms with Crippen molar-refractivity contribution in [2.24, 2.45) is 0 Å². The minimum absolute atomic E-state index is 0.505. The maximum absolute atomic E-state index is 6.12. The molecule has 2 heterocycles. The zero-order valence-corrected chi connectivity index (χ0v) is 12.6. The van der Waals surface area contributed by atoms with Gasteiger partial charge in [-0.2, -0.15) is 4.98 Å². The van der Waals surface area contributed by atoms with Crippen LogP contribution in [0.15, 0.2) is 47.1 Å². The molecule has 2 N–H and O–H groups in total. The smallest absolute Gasteiger partial charge is 0.224 e. The lowest BCUT2D eigenvalue weighted by Gasteiger charge is -2.08. The Morgan fingerprint density at radius 2 is 2.05 bits per heavy atom. The molecule has 0 aliphatic carbocycles. The monoisotopic (exact) mass is 315 g/mol. The number of aromatic nitrogens is 3. The second-order valence-electron chi connectivity index (χ2n) is 4.66. The summed E-state index contributed by atoms with van der Waals surface area (Å²) in [5, 5.41) is 10.8. The van der Waals surface area contributed by atoms with Crippen LogP contribution in [0.2, 0.25) is 5.02 Å². The maximum atomic E-state index is 6.12. The largest absolute Gasteiger partial charge is 0.360 e. The molecular formula is C15H14ClN5O. The van der Waals surface area contributed by atoms with Crippen LogP contribution in [-0.4, -0.2) is 15.1 Å². The summed E-state index contributed by atoms with van der Waals surface area (Å²) >= 11 is 6.12. The molecule has 0 spiro atoms. The SMILES string of the molecule is Cc1cc(Nc2ccnc(NCc3ccccc3Cl)n2)no1. The summed E-state index contributed by atoms with van der Waals surface area (Å²) in [4.78, 5) is 8.55. The number of anilines is 3. The highest BCUT2D eigenvalue weighted by atomic mass is 35.5. The summed E-state index contributed by atoms with van der Waals surface area (Å²) in [6, 6.07) is 11.2. The van der Waals surface area contributed by atoms with Crippen LogP contribution in [0.1, 0.15) is 11.3 Å². The van der Waals surface area contributed by atoms with Gasteiger partial charge in [-0.25, -0.2) is 4.98 Å². The lowest BCUT2D eigenvalue weighted by atomic mass is 10.2. The number of nitrogens with zero attached hydrogens (tertiary/aromatic N) is 3. The second-order valence-corrected chi connectivity index (χ2v) is 5.07. The predicted molar refractivity (Wildman–Crippen MR) is 85.3 cm³/mol. The van der Waals surface area contributed by atoms with Crippen LogP contribution < -0.4 is 10.6 Å². The van der Waals surface area contributed by atoms with Gasteiger partial charge in [-0.15, -0.1) is 0 Å². The normalized spacial score (nSPS) is 10.5. The van der Waals surface area contributed by atoms with E-state index in [9.17, 15) is 0 Å². The zero-order valence-electron chi connectivity index (χ0n) is 11.9. The first kappa shape index (κ1) is 14.3. The highest BCUT2D eigenvalue weighted by Gasteiger charge is 2.04. The van der Waals surface area contributed by atoms with Gasteiger partial charge in [0.1, 0.15) is 11.6 Å². The molecule has 0 unspecified atom stereocenters. The molecule has 0 radical (unpaired) electrons. The van der Waals surface area contributed by atoms with Gasteiger partial charge in [-0.05, 0) is 24.6 Å². The molecule has 7 heteroatoms. The third kappa shape index (κ3) is 3.53. The molecule has 3 rings (SSSR count). The number of hydrogen-bond acceptors (Lipinski definition) is 6. The Bertz CT molecular complexity index is 774. The number of rotatable bonds is 5. The number of halogens is 1. The first-order chi connectivity index (χ1) is 10.7. The number of nitrogens with one attached hydrogen (secondary N) is 2. The van der Waals surface area contributed by atoms with Gasteiger partial charge in [0, 0.05) is 23.8 Å². The number of hydrogen-bond donors (Lipinski definition) is 2. The van der Waals surface area contributed by atoms with E-state index in [0.717, 1.165) is 11.3 Å². The number of benzene rings is 1. The van der Waals surface area contributed by atoms with Crippen molar-refractivity contribution < 1.29 is 4.52 Å². The fourth-order valence-electron chi connectivity index (χ4n) is 1.89. The van der Waals surface area contributed by atoms with Crippen molar-refractivity contribution in [3.05, 3.63) is 58.9 Å². The lowest BCUT2D eigenvalue weighted by molar-refractivity contribution is 0.400. The van der Waals surface area contributed by atoms with Crippen LogP contribution in [0.25, 0.3) is 0 Å². The Hall–Kier alpha value is -2.60. The van der Waals surface area contributed by atoms with E-state index in [-0.39, 0.29) is 0 Å². The zero-order chi connectivity index (χ0) is 15.4. The van der Waals surface area contributed by atoms with Crippen LogP contribution >= 0.6 is 11.6 Å². The molecule has 2 aromatic heterocycles. The van der Waals surface area contributed by atoms with Crippen LogP contribution in [0.4, 0.5) is 17.6 Å². The van der Waals surface area contributed by atoms with E-state index in [1.165, 1.54) is 0 Å². The van der Waals surface area contributed by atoms with Crippen molar-refractivity contribution in [2.75, 3.05) is 10.6 Å². The van der Waals surface area contributed by atoms with E-state index in [4.69, 9.17) is 16.1 Å². The minimum Gasteiger partial charge on any atom is -0.360 e. The van der Waals surface area contributed by atoms with Gasteiger partial charge in [-0.3, -0.25) is 0 Å². The van der Waals surface area contributed by atoms with Gasteiger partial charge in [0.25, 0.3) is 0 Å². The van der Waals surface area contributed by atoms with E-state index < -0.39 is 0 Å². The molecule has 0 atom stereocenters. The summed E-state index contributed by atoms with van der Waals surface area (Å²) < 4.78 is 5.00. The molecule has 0 amide bonds. The van der Waals surface area contributed by atoms with E-state index in [0.29, 0.717) is 29.2 Å². The Morgan fingerprint density at radius 3 is 2.82 bits per heavy atom. The molecule has 0 aliphatic heterocycles. The Labute approximate surface area is 132 Å². The summed E-state index contributed by atoms with van der Waals surface area (Å²) in [5.41, 5.74) is 0.984. The van der Waals surface area contributed by atoms with E-state index in [1.807, 2.05) is 31.2 Å². The third-order valence-electron chi connectivity index (χ3n) is 2.93. The highest BCUT2D eigenvalue weighted by molar-refractivity contribution is 6.31. The molecule has 0 aliphatic rings. The van der Waals surface area contributed by atoms with Gasteiger partial charge in [0.2, 0.25) is 5.95 Å². The predicted octanol–water partition coefficient (Wildman–Crippen LogP) is 3.78. The van der Waals surface area contributed by atoms with Crippen molar-refractivity contribution in [3.8, 4) is 0 Å². The third-order valence-corrected chi connectivity index (χ3v) is 3.30. The van der Waals surface area contributed by atoms with Gasteiger partial charge in [0.05, 0.1) is 0 Å². The summed E-state index contributed by atoms with van der Waals surface area (Å²) in [7, 11) is 0. The summed E-state index contributed by atoms with van der Waals surface area (Å²) in [5.74, 6) is 2.47. The van der Waals surface area contributed by atoms with Crippen molar-refractivity contribution >= 4 is 29.2 Å². The first-order valence-electron chi connectivity index (χ1n) is 6.71. The van der Waals surface area contributed by atoms with Crippen LogP contribution in [0.3, 0.4) is 0 Å². The van der Waals surface area contributed by atoms with Crippen LogP contribution in [0, 0.1) is 6.92 Å². The highest BCUT2D eigenvalue weighted by Crippen LogP contribution is 2.17. The lowest BCUT2D eigenvalue weighted by Crippen LogP contribution is -2.05. The van der Waals surface area contributed by atoms with Gasteiger partial charge in [-0.1, -0.05) is 35.0 Å². The summed E-state index contributed by atoms with van der Waals surface area (Å²) in [6.45, 7) is 2.38. The molecule has 0 fully saturated rings. The van der Waals surface area contributed by atoms with Gasteiger partial charge < -0.3 is 15.2 Å². The standard InChI is InChI=1S/C15H14ClN5O/c1-10-8-14(21-22-10)19-13-6-7-17-15(20-13)18-9-11-4-2-3-5-12(11)16/h2-8H,9H2,1H3,(H2,17,18,19,20,21). The minimum atomic E-state index is 0.505. The summed E-state index contributed by atoms with van der Waals surface area (Å²) in [6.07, 6.45) is 1.66. The number of aryl methyl sites for hydroxylation is 1. The molecular weight excluding hydrogens is 302 g/mol. The molecule has 22 heavy (non-hydrogen) atoms. The van der Waals surface area contributed by atoms with Crippen molar-refractivity contribution in [2.45, 2.75) is 13.5 Å². The van der Waals surface area contributed by atoms with E-state index in [2.05, 4.69) is 25.8 Å². The van der Waals surface area contributed by atoms with Gasteiger partial charge in [0.15, 0.2) is 5.82 Å². The quantitative estimate of drug-likeness (QED) is 0.746. The van der Waals surface area contributed by atoms with E-state index in [1.54, 1.807) is 18.3 Å². The fraction of sp³-hybridized carbons (Fsp3) is 0.133. The van der Waals surface area contributed by atoms with Gasteiger partial charge >= 0.3 is 0 Å². The average molecular weight is 316 g/mol. The Balaban J connectivity index is 1.67. The Kier molecular flexibility index (Phi) is 4.20. The Morgan fingerprint density at radius 1 is 1.18 bits per heavy atom. The van der Waals surface area contributed by atoms with E-state index >= 15 is 0 Å². The molecule has 1 aromatic carbocycles. The first-order valence-corrected chi connectivity index (χ1v) is 7.09. The van der Waals surface area contributed by atoms with Crippen molar-refractivity contribution in [1.29, 1.82) is 0 Å². The molecule has 3 aromatic rings. The molecule has 6 nitrogen and oxygen atoms in total. The fourth-order valence-corrected chi connectivity index (χ4v) is 2.09. The van der Waals surface area contributed by atoms with Crippen LogP contribution in [0.5, 0.6) is 0 Å². The average Bonchev–Trinajstić information content (AvgIpc) is 2.92. The van der Waals surface area contributed by atoms with Crippen molar-refractivity contribution in [1.82, 2.24) is 15.1 Å². The molecule has 0 saturated heterocycles. The van der Waals surface area contributed by atoms with Crippen molar-refractivity contribution in [3.63, 3.8) is 0 Å². The molecule has 0 saturated carbocycles. The maximum Gasteiger partial charge on any atom is 0.224 e. The topological polar surface area (TPSA) is 75.9 Å². The van der Waals surface area contributed by atoms with Crippen LogP contribution in [-0.2, 0) is 6.54 Å². The second kappa shape index (κ2) is 6.44.